The second kappa shape index (κ2) is 7.33. The Morgan fingerprint density at radius 2 is 1.64 bits per heavy atom. The first-order valence-corrected chi connectivity index (χ1v) is 8.24. The highest BCUT2D eigenvalue weighted by Gasteiger charge is 2.36. The molecule has 0 spiro atoms. The molecule has 0 radical (unpaired) electrons. The predicted molar refractivity (Wildman–Crippen MR) is 84.5 cm³/mol. The van der Waals surface area contributed by atoms with Gasteiger partial charge in [0.25, 0.3) is 0 Å². The fourth-order valence-corrected chi connectivity index (χ4v) is 3.12. The van der Waals surface area contributed by atoms with Crippen LogP contribution in [0, 0.1) is 17.5 Å². The molecule has 1 aromatic heterocycles. The van der Waals surface area contributed by atoms with E-state index in [0.29, 0.717) is 12.1 Å². The summed E-state index contributed by atoms with van der Waals surface area (Å²) in [6.45, 7) is -0.187. The average Bonchev–Trinajstić information content (AvgIpc) is 3.03. The smallest absolute Gasteiger partial charge is 0.338 e. The van der Waals surface area contributed by atoms with Crippen LogP contribution < -0.4 is 0 Å². The summed E-state index contributed by atoms with van der Waals surface area (Å²) in [5.74, 6) is -5.15. The summed E-state index contributed by atoms with van der Waals surface area (Å²) in [7, 11) is 0. The van der Waals surface area contributed by atoms with E-state index in [1.807, 2.05) is 0 Å². The van der Waals surface area contributed by atoms with Crippen LogP contribution in [-0.4, -0.2) is 27.7 Å². The summed E-state index contributed by atoms with van der Waals surface area (Å²) in [4.78, 5) is 25.5. The van der Waals surface area contributed by atoms with Crippen molar-refractivity contribution in [2.45, 2.75) is 32.1 Å². The van der Waals surface area contributed by atoms with Crippen molar-refractivity contribution in [3.63, 3.8) is 0 Å². The van der Waals surface area contributed by atoms with E-state index in [2.05, 4.69) is 0 Å². The summed E-state index contributed by atoms with van der Waals surface area (Å²) in [5.41, 5.74) is -0.899. The quantitative estimate of drug-likeness (QED) is 0.445. The highest BCUT2D eigenvalue weighted by atomic mass is 19.4. The van der Waals surface area contributed by atoms with Gasteiger partial charge in [0.1, 0.15) is 17.3 Å². The predicted octanol–water partition coefficient (Wildman–Crippen LogP) is 3.47. The third-order valence-electron chi connectivity index (χ3n) is 4.49. The van der Waals surface area contributed by atoms with Gasteiger partial charge in [-0.25, -0.2) is 13.2 Å². The maximum atomic E-state index is 13.6. The van der Waals surface area contributed by atoms with Gasteiger partial charge in [-0.3, -0.25) is 9.59 Å². The number of Topliss-reactive ketones (excluding diaryl/α,β-unsaturated/α-hetero) is 1. The van der Waals surface area contributed by atoms with Crippen LogP contribution in [0.5, 0.6) is 0 Å². The zero-order valence-electron chi connectivity index (χ0n) is 14.3. The number of alkyl halides is 3. The van der Waals surface area contributed by atoms with Gasteiger partial charge in [0.2, 0.25) is 5.91 Å². The molecule has 0 saturated carbocycles. The Morgan fingerprint density at radius 1 is 0.964 bits per heavy atom. The first-order valence-electron chi connectivity index (χ1n) is 8.24. The SMILES string of the molecule is O=C(CC(=O)N1CCn2c(ccc2C(F)(F)F)C1)Cc1cc(F)c(F)cc1F. The second-order valence-corrected chi connectivity index (χ2v) is 6.42. The second-order valence-electron chi connectivity index (χ2n) is 6.42. The van der Waals surface area contributed by atoms with Crippen LogP contribution in [-0.2, 0) is 35.3 Å². The van der Waals surface area contributed by atoms with Gasteiger partial charge in [-0.1, -0.05) is 0 Å². The molecule has 1 aromatic carbocycles. The topological polar surface area (TPSA) is 42.3 Å². The molecule has 1 amide bonds. The molecule has 0 fully saturated rings. The molecule has 0 aliphatic carbocycles. The molecule has 4 nitrogen and oxygen atoms in total. The maximum Gasteiger partial charge on any atom is 0.431 e. The number of amides is 1. The molecule has 150 valence electrons. The first-order chi connectivity index (χ1) is 13.1. The number of carbonyl (C=O) groups is 2. The van der Waals surface area contributed by atoms with Crippen molar-refractivity contribution in [2.75, 3.05) is 6.54 Å². The van der Waals surface area contributed by atoms with Gasteiger partial charge in [-0.05, 0) is 23.8 Å². The zero-order chi connectivity index (χ0) is 20.6. The average molecular weight is 404 g/mol. The van der Waals surface area contributed by atoms with Gasteiger partial charge in [0.05, 0.1) is 13.0 Å². The highest BCUT2D eigenvalue weighted by Crippen LogP contribution is 2.32. The van der Waals surface area contributed by atoms with Crippen LogP contribution in [0.25, 0.3) is 0 Å². The van der Waals surface area contributed by atoms with Crippen LogP contribution in [0.2, 0.25) is 0 Å². The summed E-state index contributed by atoms with van der Waals surface area (Å²) in [5, 5.41) is 0. The molecule has 0 bridgehead atoms. The third kappa shape index (κ3) is 4.05. The molecule has 28 heavy (non-hydrogen) atoms. The summed E-state index contributed by atoms with van der Waals surface area (Å²) >= 11 is 0. The van der Waals surface area contributed by atoms with Crippen LogP contribution in [0.15, 0.2) is 24.3 Å². The lowest BCUT2D eigenvalue weighted by Crippen LogP contribution is -2.39. The summed E-state index contributed by atoms with van der Waals surface area (Å²) < 4.78 is 79.5. The number of rotatable bonds is 4. The van der Waals surface area contributed by atoms with Crippen molar-refractivity contribution in [3.8, 4) is 0 Å². The van der Waals surface area contributed by atoms with E-state index in [-0.39, 0.29) is 30.9 Å². The van der Waals surface area contributed by atoms with Crippen molar-refractivity contribution in [2.24, 2.45) is 0 Å². The number of halogens is 6. The van der Waals surface area contributed by atoms with Gasteiger partial charge in [0, 0.05) is 31.3 Å². The Labute approximate surface area is 155 Å². The molecule has 10 heteroatoms. The minimum atomic E-state index is -4.51. The van der Waals surface area contributed by atoms with Crippen molar-refractivity contribution in [1.82, 2.24) is 9.47 Å². The summed E-state index contributed by atoms with van der Waals surface area (Å²) in [6.07, 6.45) is -5.72. The molecule has 3 rings (SSSR count). The van der Waals surface area contributed by atoms with E-state index < -0.39 is 53.9 Å². The van der Waals surface area contributed by atoms with Crippen molar-refractivity contribution in [3.05, 3.63) is 58.7 Å². The number of ketones is 1. The standard InChI is InChI=1S/C18H14F6N2O2/c19-13-8-15(21)14(20)6-10(13)5-12(27)7-17(28)25-3-4-26-11(9-25)1-2-16(26)18(22,23)24/h1-2,6,8H,3-5,7,9H2. The number of benzene rings is 1. The number of carbonyl (C=O) groups excluding carboxylic acids is 2. The Bertz CT molecular complexity index is 935. The van der Waals surface area contributed by atoms with Crippen molar-refractivity contribution >= 4 is 11.7 Å². The van der Waals surface area contributed by atoms with Crippen molar-refractivity contribution in [1.29, 1.82) is 0 Å². The minimum Gasteiger partial charge on any atom is -0.338 e. The molecule has 1 aliphatic heterocycles. The fraction of sp³-hybridized carbons (Fsp3) is 0.333. The van der Waals surface area contributed by atoms with Crippen LogP contribution >= 0.6 is 0 Å². The normalized spacial score (nSPS) is 14.1. The Kier molecular flexibility index (Phi) is 5.22. The third-order valence-corrected chi connectivity index (χ3v) is 4.49. The number of nitrogens with zero attached hydrogens (tertiary/aromatic N) is 2. The first kappa shape index (κ1) is 20.0. The lowest BCUT2D eigenvalue weighted by atomic mass is 10.1. The highest BCUT2D eigenvalue weighted by molar-refractivity contribution is 5.98. The van der Waals surface area contributed by atoms with E-state index in [0.717, 1.165) is 10.6 Å². The minimum absolute atomic E-state index is 0.0174. The van der Waals surface area contributed by atoms with E-state index >= 15 is 0 Å². The Hall–Kier alpha value is -2.78. The zero-order valence-corrected chi connectivity index (χ0v) is 14.3. The van der Waals surface area contributed by atoms with Crippen molar-refractivity contribution < 1.29 is 35.9 Å². The molecule has 2 aromatic rings. The molecule has 1 aliphatic rings. The largest absolute Gasteiger partial charge is 0.431 e. The van der Waals surface area contributed by atoms with Gasteiger partial charge in [-0.15, -0.1) is 0 Å². The summed E-state index contributed by atoms with van der Waals surface area (Å²) in [6, 6.07) is 3.07. The van der Waals surface area contributed by atoms with Gasteiger partial charge < -0.3 is 9.47 Å². The maximum absolute atomic E-state index is 13.6. The molecule has 0 unspecified atom stereocenters. The fourth-order valence-electron chi connectivity index (χ4n) is 3.12. The molecule has 0 atom stereocenters. The molecule has 0 saturated heterocycles. The number of fused-ring (bicyclic) bond motifs is 1. The van der Waals surface area contributed by atoms with Gasteiger partial charge >= 0.3 is 6.18 Å². The van der Waals surface area contributed by atoms with E-state index in [1.165, 1.54) is 11.0 Å². The lowest BCUT2D eigenvalue weighted by molar-refractivity contribution is -0.144. The molecular weight excluding hydrogens is 390 g/mol. The Balaban J connectivity index is 1.64. The van der Waals surface area contributed by atoms with Gasteiger partial charge in [-0.2, -0.15) is 13.2 Å². The van der Waals surface area contributed by atoms with Crippen LogP contribution in [0.1, 0.15) is 23.4 Å². The van der Waals surface area contributed by atoms with E-state index in [4.69, 9.17) is 0 Å². The molecular formula is C18H14F6N2O2. The van der Waals surface area contributed by atoms with Crippen LogP contribution in [0.4, 0.5) is 26.3 Å². The van der Waals surface area contributed by atoms with Gasteiger partial charge in [0.15, 0.2) is 11.6 Å². The Morgan fingerprint density at radius 3 is 2.32 bits per heavy atom. The monoisotopic (exact) mass is 404 g/mol. The number of aromatic nitrogens is 1. The number of hydrogen-bond acceptors (Lipinski definition) is 2. The molecule has 0 N–H and O–H groups in total. The number of hydrogen-bond donors (Lipinski definition) is 0. The van der Waals surface area contributed by atoms with E-state index in [1.54, 1.807) is 0 Å². The van der Waals surface area contributed by atoms with Crippen LogP contribution in [0.3, 0.4) is 0 Å². The lowest BCUT2D eigenvalue weighted by Gasteiger charge is -2.30. The molecule has 2 heterocycles. The van der Waals surface area contributed by atoms with E-state index in [9.17, 15) is 35.9 Å².